The van der Waals surface area contributed by atoms with Crippen molar-refractivity contribution in [2.75, 3.05) is 7.05 Å². The zero-order valence-corrected chi connectivity index (χ0v) is 9.91. The molecule has 0 saturated heterocycles. The van der Waals surface area contributed by atoms with Crippen LogP contribution in [0.2, 0.25) is 0 Å². The molecule has 18 heavy (non-hydrogen) atoms. The lowest BCUT2D eigenvalue weighted by atomic mass is 9.91. The van der Waals surface area contributed by atoms with Gasteiger partial charge in [0.2, 0.25) is 0 Å². The van der Waals surface area contributed by atoms with Gasteiger partial charge in [-0.2, -0.15) is 0 Å². The molecule has 0 aliphatic heterocycles. The second-order valence-corrected chi connectivity index (χ2v) is 4.71. The molecule has 0 radical (unpaired) electrons. The molecule has 3 rings (SSSR count). The molecule has 2 aromatic rings. The first kappa shape index (κ1) is 11.6. The van der Waals surface area contributed by atoms with Crippen LogP contribution in [0.4, 0.5) is 13.2 Å². The molecule has 0 spiro atoms. The van der Waals surface area contributed by atoms with Gasteiger partial charge in [0.25, 0.3) is 0 Å². The smallest absolute Gasteiger partial charge is 0.168 e. The maximum atomic E-state index is 13.8. The number of aromatic amines is 1. The Kier molecular flexibility index (Phi) is 2.59. The van der Waals surface area contributed by atoms with Crippen molar-refractivity contribution in [1.29, 1.82) is 0 Å². The van der Waals surface area contributed by atoms with Gasteiger partial charge in [-0.25, -0.2) is 13.2 Å². The van der Waals surface area contributed by atoms with Crippen LogP contribution < -0.4 is 5.32 Å². The zero-order valence-electron chi connectivity index (χ0n) is 9.91. The summed E-state index contributed by atoms with van der Waals surface area (Å²) < 4.78 is 40.8. The van der Waals surface area contributed by atoms with Gasteiger partial charge in [-0.1, -0.05) is 0 Å². The van der Waals surface area contributed by atoms with Crippen LogP contribution in [0.3, 0.4) is 0 Å². The monoisotopic (exact) mass is 254 g/mol. The van der Waals surface area contributed by atoms with E-state index >= 15 is 0 Å². The first-order valence-corrected chi connectivity index (χ1v) is 5.96. The summed E-state index contributed by atoms with van der Waals surface area (Å²) in [5.74, 6) is -2.83. The second kappa shape index (κ2) is 4.02. The van der Waals surface area contributed by atoms with Crippen LogP contribution in [-0.2, 0) is 12.8 Å². The quantitative estimate of drug-likeness (QED) is 0.752. The van der Waals surface area contributed by atoms with Crippen LogP contribution in [0.1, 0.15) is 17.7 Å². The number of fused-ring (bicyclic) bond motifs is 3. The topological polar surface area (TPSA) is 27.8 Å². The number of likely N-dealkylation sites (N-methyl/N-ethyl adjacent to an activating group) is 1. The number of rotatable bonds is 1. The van der Waals surface area contributed by atoms with Crippen molar-refractivity contribution >= 4 is 10.9 Å². The number of hydrogen-bond donors (Lipinski definition) is 2. The molecule has 0 saturated carbocycles. The fraction of sp³-hybridized carbons (Fsp3) is 0.385. The van der Waals surface area contributed by atoms with Gasteiger partial charge >= 0.3 is 0 Å². The molecule has 1 atom stereocenters. The van der Waals surface area contributed by atoms with Gasteiger partial charge in [-0.3, -0.25) is 0 Å². The number of aryl methyl sites for hydroxylation is 1. The van der Waals surface area contributed by atoms with Crippen LogP contribution in [0.25, 0.3) is 10.9 Å². The molecule has 2 N–H and O–H groups in total. The van der Waals surface area contributed by atoms with Gasteiger partial charge < -0.3 is 10.3 Å². The number of H-pyrrole nitrogens is 1. The zero-order chi connectivity index (χ0) is 12.9. The summed E-state index contributed by atoms with van der Waals surface area (Å²) in [6.45, 7) is 0. The van der Waals surface area contributed by atoms with E-state index < -0.39 is 17.5 Å². The van der Waals surface area contributed by atoms with E-state index in [0.29, 0.717) is 18.1 Å². The van der Waals surface area contributed by atoms with E-state index in [1.807, 2.05) is 7.05 Å². The number of nitrogens with one attached hydrogen (secondary N) is 2. The summed E-state index contributed by atoms with van der Waals surface area (Å²) in [5.41, 5.74) is 1.60. The number of benzene rings is 1. The van der Waals surface area contributed by atoms with Gasteiger partial charge in [0.15, 0.2) is 11.6 Å². The number of halogens is 3. The van der Waals surface area contributed by atoms with E-state index in [2.05, 4.69) is 10.3 Å². The number of hydrogen-bond acceptors (Lipinski definition) is 1. The van der Waals surface area contributed by atoms with Crippen molar-refractivity contribution in [2.45, 2.75) is 25.3 Å². The van der Waals surface area contributed by atoms with Crippen LogP contribution in [0, 0.1) is 17.5 Å². The minimum absolute atomic E-state index is 0.0717. The van der Waals surface area contributed by atoms with Crippen molar-refractivity contribution in [3.63, 3.8) is 0 Å². The van der Waals surface area contributed by atoms with E-state index in [1.54, 1.807) is 0 Å². The Balaban J connectivity index is 2.28. The summed E-state index contributed by atoms with van der Waals surface area (Å²) in [6.07, 6.45) is 2.21. The average Bonchev–Trinajstić information content (AvgIpc) is 2.75. The molecule has 1 aliphatic carbocycles. The standard InChI is InChI=1S/C13H13F3N2/c1-17-6-2-3-10-7(4-6)11-12(16)8(14)5-9(15)13(11)18-10/h5-6,17-18H,2-4H2,1H3. The molecular weight excluding hydrogens is 241 g/mol. The lowest BCUT2D eigenvalue weighted by Gasteiger charge is -2.21. The van der Waals surface area contributed by atoms with E-state index in [9.17, 15) is 13.2 Å². The van der Waals surface area contributed by atoms with Gasteiger partial charge in [0.05, 0.1) is 5.52 Å². The van der Waals surface area contributed by atoms with Gasteiger partial charge in [-0.15, -0.1) is 0 Å². The Bertz CT molecular complexity index is 618. The molecule has 1 aromatic carbocycles. The number of aromatic nitrogens is 1. The average molecular weight is 254 g/mol. The molecule has 0 fully saturated rings. The van der Waals surface area contributed by atoms with E-state index in [0.717, 1.165) is 18.5 Å². The molecule has 1 unspecified atom stereocenters. The largest absolute Gasteiger partial charge is 0.356 e. The summed E-state index contributed by atoms with van der Waals surface area (Å²) in [4.78, 5) is 2.89. The molecule has 1 heterocycles. The van der Waals surface area contributed by atoms with Gasteiger partial charge in [0, 0.05) is 23.2 Å². The van der Waals surface area contributed by atoms with Crippen LogP contribution in [0.5, 0.6) is 0 Å². The lowest BCUT2D eigenvalue weighted by Crippen LogP contribution is -2.31. The molecule has 1 aromatic heterocycles. The predicted octanol–water partition coefficient (Wildman–Crippen LogP) is 2.66. The first-order chi connectivity index (χ1) is 8.61. The third-order valence-electron chi connectivity index (χ3n) is 3.71. The van der Waals surface area contributed by atoms with Crippen LogP contribution >= 0.6 is 0 Å². The summed E-state index contributed by atoms with van der Waals surface area (Å²) in [7, 11) is 1.84. The summed E-state index contributed by atoms with van der Waals surface area (Å²) >= 11 is 0. The Morgan fingerprint density at radius 2 is 2.06 bits per heavy atom. The third kappa shape index (κ3) is 1.54. The highest BCUT2D eigenvalue weighted by Crippen LogP contribution is 2.33. The van der Waals surface area contributed by atoms with Crippen molar-refractivity contribution in [3.8, 4) is 0 Å². The highest BCUT2D eigenvalue weighted by atomic mass is 19.2. The Morgan fingerprint density at radius 3 is 2.78 bits per heavy atom. The summed E-state index contributed by atoms with van der Waals surface area (Å²) in [5, 5.41) is 3.20. The van der Waals surface area contributed by atoms with Crippen molar-refractivity contribution in [1.82, 2.24) is 10.3 Å². The minimum Gasteiger partial charge on any atom is -0.356 e. The maximum absolute atomic E-state index is 13.8. The highest BCUT2D eigenvalue weighted by Gasteiger charge is 2.26. The van der Waals surface area contributed by atoms with Gasteiger partial charge in [-0.05, 0) is 31.9 Å². The van der Waals surface area contributed by atoms with Crippen molar-refractivity contribution < 1.29 is 13.2 Å². The fourth-order valence-corrected chi connectivity index (χ4v) is 2.73. The maximum Gasteiger partial charge on any atom is 0.168 e. The van der Waals surface area contributed by atoms with Crippen molar-refractivity contribution in [2.24, 2.45) is 0 Å². The van der Waals surface area contributed by atoms with Gasteiger partial charge in [0.1, 0.15) is 5.82 Å². The first-order valence-electron chi connectivity index (χ1n) is 5.96. The van der Waals surface area contributed by atoms with E-state index in [1.165, 1.54) is 0 Å². The Labute approximate surface area is 102 Å². The predicted molar refractivity (Wildman–Crippen MR) is 63.0 cm³/mol. The van der Waals surface area contributed by atoms with Crippen molar-refractivity contribution in [3.05, 3.63) is 34.8 Å². The molecule has 96 valence electrons. The second-order valence-electron chi connectivity index (χ2n) is 4.71. The molecule has 2 nitrogen and oxygen atoms in total. The summed E-state index contributed by atoms with van der Waals surface area (Å²) in [6, 6.07) is 0.817. The van der Waals surface area contributed by atoms with E-state index in [-0.39, 0.29) is 16.9 Å². The Morgan fingerprint density at radius 1 is 1.28 bits per heavy atom. The molecule has 0 amide bonds. The Hall–Kier alpha value is -1.49. The molecule has 5 heteroatoms. The fourth-order valence-electron chi connectivity index (χ4n) is 2.73. The third-order valence-corrected chi connectivity index (χ3v) is 3.71. The molecule has 0 bridgehead atoms. The normalized spacial score (nSPS) is 19.2. The molecule has 1 aliphatic rings. The van der Waals surface area contributed by atoms with E-state index in [4.69, 9.17) is 0 Å². The lowest BCUT2D eigenvalue weighted by molar-refractivity contribution is 0.490. The highest BCUT2D eigenvalue weighted by molar-refractivity contribution is 5.86. The van der Waals surface area contributed by atoms with Crippen LogP contribution in [0.15, 0.2) is 6.07 Å². The minimum atomic E-state index is -1.13. The van der Waals surface area contributed by atoms with Crippen LogP contribution in [-0.4, -0.2) is 18.1 Å². The molecular formula is C13H13F3N2. The SMILES string of the molecule is CNC1CCc2[nH]c3c(F)cc(F)c(F)c3c2C1.